The van der Waals surface area contributed by atoms with E-state index in [-0.39, 0.29) is 5.91 Å². The van der Waals surface area contributed by atoms with Gasteiger partial charge in [0.25, 0.3) is 0 Å². The SMILES string of the molecule is CC(C)c1cccc(C(C)C)c1NC(=O)/C=C/c1cn(Cc2ccccc2)nc1-c1cccnc1. The van der Waals surface area contributed by atoms with Crippen LogP contribution >= 0.6 is 0 Å². The van der Waals surface area contributed by atoms with Gasteiger partial charge in [-0.25, -0.2) is 0 Å². The molecule has 0 atom stereocenters. The molecule has 2 aromatic heterocycles. The lowest BCUT2D eigenvalue weighted by Crippen LogP contribution is -2.13. The number of carbonyl (C=O) groups excluding carboxylic acids is 1. The first-order valence-corrected chi connectivity index (χ1v) is 12.1. The normalized spacial score (nSPS) is 11.5. The lowest BCUT2D eigenvalue weighted by atomic mass is 9.92. The Bertz CT molecular complexity index is 1280. The van der Waals surface area contributed by atoms with Crippen molar-refractivity contribution in [2.75, 3.05) is 5.32 Å². The molecule has 1 N–H and O–H groups in total. The molecule has 0 aliphatic heterocycles. The number of nitrogens with zero attached hydrogens (tertiary/aromatic N) is 3. The van der Waals surface area contributed by atoms with E-state index >= 15 is 0 Å². The van der Waals surface area contributed by atoms with E-state index in [0.717, 1.165) is 39.2 Å². The van der Waals surface area contributed by atoms with Crippen LogP contribution in [-0.2, 0) is 11.3 Å². The van der Waals surface area contributed by atoms with Gasteiger partial charge < -0.3 is 5.32 Å². The number of anilines is 1. The molecule has 0 radical (unpaired) electrons. The maximum atomic E-state index is 13.0. The zero-order valence-electron chi connectivity index (χ0n) is 20.8. The summed E-state index contributed by atoms with van der Waals surface area (Å²) < 4.78 is 1.90. The standard InChI is InChI=1S/C30H32N4O/c1-21(2)26-13-8-14-27(22(3)4)30(26)32-28(35)16-15-25-20-34(19-23-10-6-5-7-11-23)33-29(25)24-12-9-17-31-18-24/h5-18,20-22H,19H2,1-4H3,(H,32,35)/b16-15+. The average molecular weight is 465 g/mol. The van der Waals surface area contributed by atoms with Crippen LogP contribution in [0, 0.1) is 0 Å². The highest BCUT2D eigenvalue weighted by Gasteiger charge is 2.16. The maximum Gasteiger partial charge on any atom is 0.248 e. The van der Waals surface area contributed by atoms with Crippen molar-refractivity contribution in [3.63, 3.8) is 0 Å². The van der Waals surface area contributed by atoms with Crippen LogP contribution in [0.3, 0.4) is 0 Å². The summed E-state index contributed by atoms with van der Waals surface area (Å²) in [5.41, 5.74) is 6.93. The lowest BCUT2D eigenvalue weighted by Gasteiger charge is -2.19. The monoisotopic (exact) mass is 464 g/mol. The van der Waals surface area contributed by atoms with Gasteiger partial charge in [-0.05, 0) is 46.7 Å². The van der Waals surface area contributed by atoms with Gasteiger partial charge in [0.2, 0.25) is 5.91 Å². The molecule has 0 saturated carbocycles. The van der Waals surface area contributed by atoms with Crippen molar-refractivity contribution >= 4 is 17.7 Å². The molecular formula is C30H32N4O. The first-order valence-electron chi connectivity index (χ1n) is 12.1. The Balaban J connectivity index is 1.63. The molecule has 1 amide bonds. The summed E-state index contributed by atoms with van der Waals surface area (Å²) in [7, 11) is 0. The molecule has 2 heterocycles. The molecule has 35 heavy (non-hydrogen) atoms. The fraction of sp³-hybridized carbons (Fsp3) is 0.233. The Hall–Kier alpha value is -3.99. The van der Waals surface area contributed by atoms with Gasteiger partial charge in [-0.2, -0.15) is 5.10 Å². The van der Waals surface area contributed by atoms with Gasteiger partial charge in [0, 0.05) is 41.5 Å². The predicted octanol–water partition coefficient (Wildman–Crippen LogP) is 6.89. The molecule has 2 aromatic carbocycles. The summed E-state index contributed by atoms with van der Waals surface area (Å²) in [5.74, 6) is 0.454. The number of aromatic nitrogens is 3. The predicted molar refractivity (Wildman–Crippen MR) is 143 cm³/mol. The second-order valence-corrected chi connectivity index (χ2v) is 9.30. The molecule has 5 heteroatoms. The van der Waals surface area contributed by atoms with Crippen LogP contribution in [0.25, 0.3) is 17.3 Å². The van der Waals surface area contributed by atoms with Gasteiger partial charge in [0.15, 0.2) is 0 Å². The van der Waals surface area contributed by atoms with E-state index in [1.54, 1.807) is 18.5 Å². The van der Waals surface area contributed by atoms with E-state index in [1.807, 2.05) is 47.3 Å². The first-order chi connectivity index (χ1) is 16.9. The van der Waals surface area contributed by atoms with E-state index in [0.29, 0.717) is 18.4 Å². The number of hydrogen-bond acceptors (Lipinski definition) is 3. The lowest BCUT2D eigenvalue weighted by molar-refractivity contribution is -0.111. The summed E-state index contributed by atoms with van der Waals surface area (Å²) in [6, 6.07) is 20.3. The van der Waals surface area contributed by atoms with Crippen molar-refractivity contribution in [2.24, 2.45) is 0 Å². The van der Waals surface area contributed by atoms with Crippen LogP contribution in [0.1, 0.15) is 61.8 Å². The second kappa shape index (κ2) is 11.0. The smallest absolute Gasteiger partial charge is 0.248 e. The van der Waals surface area contributed by atoms with Crippen molar-refractivity contribution < 1.29 is 4.79 Å². The largest absolute Gasteiger partial charge is 0.322 e. The molecule has 178 valence electrons. The van der Waals surface area contributed by atoms with Crippen molar-refractivity contribution in [2.45, 2.75) is 46.1 Å². The van der Waals surface area contributed by atoms with E-state index in [4.69, 9.17) is 5.10 Å². The first kappa shape index (κ1) is 24.1. The van der Waals surface area contributed by atoms with Gasteiger partial charge in [0.1, 0.15) is 5.69 Å². The molecule has 0 aliphatic rings. The Morgan fingerprint density at radius 2 is 1.66 bits per heavy atom. The Morgan fingerprint density at radius 1 is 0.943 bits per heavy atom. The Labute approximate surface area is 207 Å². The molecule has 0 aliphatic carbocycles. The highest BCUT2D eigenvalue weighted by atomic mass is 16.1. The van der Waals surface area contributed by atoms with Gasteiger partial charge in [0.05, 0.1) is 6.54 Å². The molecule has 0 bridgehead atoms. The minimum absolute atomic E-state index is 0.159. The van der Waals surface area contributed by atoms with Crippen LogP contribution in [0.4, 0.5) is 5.69 Å². The van der Waals surface area contributed by atoms with Crippen LogP contribution in [0.5, 0.6) is 0 Å². The van der Waals surface area contributed by atoms with Crippen LogP contribution in [0.2, 0.25) is 0 Å². The van der Waals surface area contributed by atoms with E-state index in [1.165, 1.54) is 0 Å². The Morgan fingerprint density at radius 3 is 2.29 bits per heavy atom. The van der Waals surface area contributed by atoms with E-state index < -0.39 is 0 Å². The second-order valence-electron chi connectivity index (χ2n) is 9.30. The van der Waals surface area contributed by atoms with Crippen molar-refractivity contribution in [1.29, 1.82) is 0 Å². The fourth-order valence-electron chi connectivity index (χ4n) is 4.16. The third-order valence-corrected chi connectivity index (χ3v) is 5.95. The average Bonchev–Trinajstić information content (AvgIpc) is 3.26. The third kappa shape index (κ3) is 5.93. The van der Waals surface area contributed by atoms with Gasteiger partial charge in [-0.1, -0.05) is 76.2 Å². The highest BCUT2D eigenvalue weighted by molar-refractivity contribution is 6.03. The van der Waals surface area contributed by atoms with Crippen molar-refractivity contribution in [3.8, 4) is 11.3 Å². The number of nitrogens with one attached hydrogen (secondary N) is 1. The van der Waals surface area contributed by atoms with Gasteiger partial charge in [-0.3, -0.25) is 14.5 Å². The van der Waals surface area contributed by atoms with Gasteiger partial charge in [-0.15, -0.1) is 0 Å². The number of rotatable bonds is 8. The van der Waals surface area contributed by atoms with Crippen molar-refractivity contribution in [1.82, 2.24) is 14.8 Å². The zero-order chi connectivity index (χ0) is 24.8. The number of hydrogen-bond donors (Lipinski definition) is 1. The molecule has 0 spiro atoms. The number of benzene rings is 2. The molecule has 5 nitrogen and oxygen atoms in total. The molecule has 0 saturated heterocycles. The number of carbonyl (C=O) groups is 1. The summed E-state index contributed by atoms with van der Waals surface area (Å²) >= 11 is 0. The minimum Gasteiger partial charge on any atom is -0.322 e. The molecular weight excluding hydrogens is 432 g/mol. The number of pyridine rings is 1. The summed E-state index contributed by atoms with van der Waals surface area (Å²) in [5, 5.41) is 7.96. The molecule has 0 unspecified atom stereocenters. The van der Waals surface area contributed by atoms with E-state index in [9.17, 15) is 4.79 Å². The van der Waals surface area contributed by atoms with Crippen molar-refractivity contribution in [3.05, 3.63) is 108 Å². The number of para-hydroxylation sites is 1. The summed E-state index contributed by atoms with van der Waals surface area (Å²) in [4.78, 5) is 17.3. The molecule has 4 aromatic rings. The molecule has 4 rings (SSSR count). The maximum absolute atomic E-state index is 13.0. The quantitative estimate of drug-likeness (QED) is 0.289. The third-order valence-electron chi connectivity index (χ3n) is 5.95. The van der Waals surface area contributed by atoms with Crippen LogP contribution in [-0.4, -0.2) is 20.7 Å². The summed E-state index contributed by atoms with van der Waals surface area (Å²) in [6.45, 7) is 9.23. The Kier molecular flexibility index (Phi) is 7.56. The van der Waals surface area contributed by atoms with Gasteiger partial charge >= 0.3 is 0 Å². The van der Waals surface area contributed by atoms with E-state index in [2.05, 4.69) is 68.3 Å². The zero-order valence-corrected chi connectivity index (χ0v) is 20.8. The van der Waals surface area contributed by atoms with Crippen LogP contribution < -0.4 is 5.32 Å². The topological polar surface area (TPSA) is 59.8 Å². The number of amides is 1. The van der Waals surface area contributed by atoms with Crippen LogP contribution in [0.15, 0.2) is 85.3 Å². The molecule has 0 fully saturated rings. The highest BCUT2D eigenvalue weighted by Crippen LogP contribution is 2.32. The minimum atomic E-state index is -0.159. The fourth-order valence-corrected chi connectivity index (χ4v) is 4.16. The summed E-state index contributed by atoms with van der Waals surface area (Å²) in [6.07, 6.45) is 8.93.